The van der Waals surface area contributed by atoms with Crippen LogP contribution in [0.1, 0.15) is 37.8 Å². The molecular weight excluding hydrogens is 308 g/mol. The number of carbonyl (C=O) groups excluding carboxylic acids is 2. The molecule has 1 heterocycles. The first-order chi connectivity index (χ1) is 11.2. The first kappa shape index (κ1) is 18.0. The molecule has 1 fully saturated rings. The largest absolute Gasteiger partial charge is 0.480 e. The van der Waals surface area contributed by atoms with Gasteiger partial charge in [-0.25, -0.2) is 4.79 Å². The molecule has 2 N–H and O–H groups in total. The quantitative estimate of drug-likeness (QED) is 0.864. The van der Waals surface area contributed by atoms with Gasteiger partial charge in [-0.2, -0.15) is 0 Å². The number of anilines is 1. The number of amides is 2. The Hall–Kier alpha value is -2.37. The van der Waals surface area contributed by atoms with E-state index < -0.39 is 17.4 Å². The van der Waals surface area contributed by atoms with Crippen LogP contribution in [0.2, 0.25) is 0 Å². The molecule has 0 bridgehead atoms. The van der Waals surface area contributed by atoms with Gasteiger partial charge in [0.05, 0.1) is 5.92 Å². The Labute approximate surface area is 141 Å². The normalized spacial score (nSPS) is 19.9. The first-order valence-electron chi connectivity index (χ1n) is 8.11. The van der Waals surface area contributed by atoms with E-state index in [4.69, 9.17) is 0 Å². The van der Waals surface area contributed by atoms with Crippen molar-refractivity contribution in [2.24, 2.45) is 5.92 Å². The van der Waals surface area contributed by atoms with Gasteiger partial charge < -0.3 is 15.3 Å². The summed E-state index contributed by atoms with van der Waals surface area (Å²) in [6, 6.07) is 5.73. The van der Waals surface area contributed by atoms with Gasteiger partial charge >= 0.3 is 5.97 Å². The molecule has 6 nitrogen and oxygen atoms in total. The van der Waals surface area contributed by atoms with Crippen molar-refractivity contribution < 1.29 is 19.5 Å². The van der Waals surface area contributed by atoms with Crippen LogP contribution in [0.4, 0.5) is 5.69 Å². The highest BCUT2D eigenvalue weighted by atomic mass is 16.4. The van der Waals surface area contributed by atoms with E-state index in [2.05, 4.69) is 5.32 Å². The number of benzene rings is 1. The number of carboxylic acids is 1. The van der Waals surface area contributed by atoms with Crippen molar-refractivity contribution in [3.8, 4) is 0 Å². The Morgan fingerprint density at radius 1 is 1.38 bits per heavy atom. The summed E-state index contributed by atoms with van der Waals surface area (Å²) in [5, 5.41) is 11.9. The summed E-state index contributed by atoms with van der Waals surface area (Å²) in [6.07, 6.45) is 0.369. The lowest BCUT2D eigenvalue weighted by atomic mass is 9.97. The number of nitrogens with one attached hydrogen (secondary N) is 1. The van der Waals surface area contributed by atoms with Crippen LogP contribution in [0, 0.1) is 19.8 Å². The Bertz CT molecular complexity index is 686. The van der Waals surface area contributed by atoms with Crippen LogP contribution in [0.15, 0.2) is 18.2 Å². The van der Waals surface area contributed by atoms with Gasteiger partial charge in [-0.05, 0) is 44.4 Å². The third-order valence-corrected chi connectivity index (χ3v) is 4.94. The number of carboxylic acid groups (broad SMARTS) is 1. The molecule has 0 aromatic heterocycles. The average Bonchev–Trinajstić information content (AvgIpc) is 2.91. The number of nitrogens with zero attached hydrogens (tertiary/aromatic N) is 1. The van der Waals surface area contributed by atoms with Crippen LogP contribution in [-0.2, 0) is 14.4 Å². The fraction of sp³-hybridized carbons (Fsp3) is 0.500. The maximum atomic E-state index is 12.4. The van der Waals surface area contributed by atoms with Crippen molar-refractivity contribution >= 4 is 23.5 Å². The van der Waals surface area contributed by atoms with Gasteiger partial charge in [0.15, 0.2) is 0 Å². The van der Waals surface area contributed by atoms with Crippen molar-refractivity contribution in [3.63, 3.8) is 0 Å². The molecule has 0 spiro atoms. The molecule has 2 amide bonds. The van der Waals surface area contributed by atoms with Crippen molar-refractivity contribution in [2.45, 2.75) is 46.1 Å². The van der Waals surface area contributed by atoms with Crippen LogP contribution in [-0.4, -0.2) is 35.0 Å². The second-order valence-corrected chi connectivity index (χ2v) is 6.60. The molecule has 1 aromatic rings. The Morgan fingerprint density at radius 3 is 2.62 bits per heavy atom. The first-order valence-corrected chi connectivity index (χ1v) is 8.11. The van der Waals surface area contributed by atoms with Gasteiger partial charge in [0.2, 0.25) is 11.8 Å². The summed E-state index contributed by atoms with van der Waals surface area (Å²) in [4.78, 5) is 37.8. The van der Waals surface area contributed by atoms with E-state index >= 15 is 0 Å². The summed E-state index contributed by atoms with van der Waals surface area (Å²) >= 11 is 0. The predicted octanol–water partition coefficient (Wildman–Crippen LogP) is 2.03. The summed E-state index contributed by atoms with van der Waals surface area (Å²) in [5.41, 5.74) is 1.59. The number of rotatable bonds is 5. The Kier molecular flexibility index (Phi) is 4.96. The number of hydrogen-bond donors (Lipinski definition) is 2. The fourth-order valence-electron chi connectivity index (χ4n) is 2.81. The fourth-order valence-corrected chi connectivity index (χ4v) is 2.81. The molecule has 1 aliphatic heterocycles. The molecule has 0 radical (unpaired) electrons. The van der Waals surface area contributed by atoms with Crippen LogP contribution in [0.25, 0.3) is 0 Å². The van der Waals surface area contributed by atoms with E-state index in [9.17, 15) is 19.5 Å². The standard InChI is InChI=1S/C18H24N2O4/c1-5-18(4,17(23)24)19-16(22)13-9-15(21)20(10-13)14-8-6-7-11(2)12(14)3/h6-8,13H,5,9-10H2,1-4H3,(H,19,22)(H,23,24). The summed E-state index contributed by atoms with van der Waals surface area (Å²) < 4.78 is 0. The van der Waals surface area contributed by atoms with Crippen molar-refractivity contribution in [2.75, 3.05) is 11.4 Å². The Morgan fingerprint density at radius 2 is 2.04 bits per heavy atom. The van der Waals surface area contributed by atoms with Gasteiger partial charge in [-0.15, -0.1) is 0 Å². The average molecular weight is 332 g/mol. The predicted molar refractivity (Wildman–Crippen MR) is 90.9 cm³/mol. The number of carbonyl (C=O) groups is 3. The molecule has 1 aromatic carbocycles. The van der Waals surface area contributed by atoms with E-state index in [1.54, 1.807) is 11.8 Å². The highest BCUT2D eigenvalue weighted by molar-refractivity contribution is 6.01. The van der Waals surface area contributed by atoms with Crippen molar-refractivity contribution in [1.29, 1.82) is 0 Å². The van der Waals surface area contributed by atoms with Crippen LogP contribution < -0.4 is 10.2 Å². The van der Waals surface area contributed by atoms with E-state index in [1.807, 2.05) is 32.0 Å². The second-order valence-electron chi connectivity index (χ2n) is 6.60. The smallest absolute Gasteiger partial charge is 0.329 e. The molecule has 1 aliphatic rings. The number of aliphatic carboxylic acids is 1. The third-order valence-electron chi connectivity index (χ3n) is 4.94. The van der Waals surface area contributed by atoms with E-state index in [0.29, 0.717) is 0 Å². The van der Waals surface area contributed by atoms with Crippen molar-refractivity contribution in [3.05, 3.63) is 29.3 Å². The van der Waals surface area contributed by atoms with Crippen molar-refractivity contribution in [1.82, 2.24) is 5.32 Å². The summed E-state index contributed by atoms with van der Waals surface area (Å²) in [6.45, 7) is 7.38. The second kappa shape index (κ2) is 6.63. The monoisotopic (exact) mass is 332 g/mol. The number of aryl methyl sites for hydroxylation is 1. The van der Waals surface area contributed by atoms with Gasteiger partial charge in [-0.3, -0.25) is 9.59 Å². The molecule has 1 saturated heterocycles. The zero-order valence-electron chi connectivity index (χ0n) is 14.5. The molecule has 24 heavy (non-hydrogen) atoms. The van der Waals surface area contributed by atoms with Crippen LogP contribution >= 0.6 is 0 Å². The third kappa shape index (κ3) is 3.27. The maximum absolute atomic E-state index is 12.4. The molecule has 2 atom stereocenters. The van der Waals surface area contributed by atoms with Crippen LogP contribution in [0.5, 0.6) is 0 Å². The molecular formula is C18H24N2O4. The van der Waals surface area contributed by atoms with Gasteiger partial charge in [-0.1, -0.05) is 19.1 Å². The zero-order valence-corrected chi connectivity index (χ0v) is 14.5. The lowest BCUT2D eigenvalue weighted by Gasteiger charge is -2.26. The molecule has 130 valence electrons. The van der Waals surface area contributed by atoms with E-state index in [0.717, 1.165) is 16.8 Å². The highest BCUT2D eigenvalue weighted by Crippen LogP contribution is 2.29. The number of hydrogen-bond acceptors (Lipinski definition) is 3. The topological polar surface area (TPSA) is 86.7 Å². The van der Waals surface area contributed by atoms with Gasteiger partial charge in [0.1, 0.15) is 5.54 Å². The Balaban J connectivity index is 2.16. The van der Waals surface area contributed by atoms with E-state index in [1.165, 1.54) is 6.92 Å². The zero-order chi connectivity index (χ0) is 18.1. The SMILES string of the molecule is CCC(C)(NC(=O)C1CC(=O)N(c2cccc(C)c2C)C1)C(=O)O. The maximum Gasteiger partial charge on any atom is 0.329 e. The summed E-state index contributed by atoms with van der Waals surface area (Å²) in [7, 11) is 0. The summed E-state index contributed by atoms with van der Waals surface area (Å²) in [5.74, 6) is -2.11. The lowest BCUT2D eigenvalue weighted by Crippen LogP contribution is -2.53. The lowest BCUT2D eigenvalue weighted by molar-refractivity contribution is -0.147. The molecule has 6 heteroatoms. The van der Waals surface area contributed by atoms with Gasteiger partial charge in [0, 0.05) is 18.7 Å². The minimum absolute atomic E-state index is 0.0959. The van der Waals surface area contributed by atoms with Gasteiger partial charge in [0.25, 0.3) is 0 Å². The molecule has 2 rings (SSSR count). The molecule has 0 saturated carbocycles. The molecule has 0 aliphatic carbocycles. The van der Waals surface area contributed by atoms with E-state index in [-0.39, 0.29) is 31.2 Å². The minimum Gasteiger partial charge on any atom is -0.480 e. The highest BCUT2D eigenvalue weighted by Gasteiger charge is 2.40. The molecule has 2 unspecified atom stereocenters. The minimum atomic E-state index is -1.31. The van der Waals surface area contributed by atoms with Crippen LogP contribution in [0.3, 0.4) is 0 Å².